The summed E-state index contributed by atoms with van der Waals surface area (Å²) in [6, 6.07) is 0. The Morgan fingerprint density at radius 3 is 1.79 bits per heavy atom. The predicted octanol–water partition coefficient (Wildman–Crippen LogP) is 5.65. The third-order valence-corrected chi connectivity index (χ3v) is 3.34. The highest BCUT2D eigenvalue weighted by Crippen LogP contribution is 2.30. The summed E-state index contributed by atoms with van der Waals surface area (Å²) in [6.07, 6.45) is 6.49. The Balaban J connectivity index is 4.52. The maximum Gasteiger partial charge on any atom is 0.145 e. The monoisotopic (exact) mass is 266 g/mol. The SMILES string of the molecule is C[C@@H](C/C=C(\C=O)[C@@H](C)CC(C)(C)C)CC(C)(C)C. The van der Waals surface area contributed by atoms with Crippen LogP contribution in [0.2, 0.25) is 0 Å². The normalized spacial score (nSPS) is 17.2. The Labute approximate surface area is 120 Å². The summed E-state index contributed by atoms with van der Waals surface area (Å²) >= 11 is 0. The summed E-state index contributed by atoms with van der Waals surface area (Å²) in [6.45, 7) is 18.0. The topological polar surface area (TPSA) is 17.1 Å². The van der Waals surface area contributed by atoms with E-state index in [0.717, 1.165) is 24.7 Å². The molecule has 0 N–H and O–H groups in total. The molecule has 0 spiro atoms. The van der Waals surface area contributed by atoms with Gasteiger partial charge in [-0.3, -0.25) is 4.79 Å². The van der Waals surface area contributed by atoms with Crippen molar-refractivity contribution in [2.45, 2.75) is 74.7 Å². The molecule has 2 atom stereocenters. The van der Waals surface area contributed by atoms with E-state index in [4.69, 9.17) is 0 Å². The Bertz CT molecular complexity index is 299. The van der Waals surface area contributed by atoms with Gasteiger partial charge in [0.25, 0.3) is 0 Å². The van der Waals surface area contributed by atoms with Crippen LogP contribution in [0.4, 0.5) is 0 Å². The number of aldehydes is 1. The van der Waals surface area contributed by atoms with E-state index in [9.17, 15) is 4.79 Å². The van der Waals surface area contributed by atoms with Crippen LogP contribution >= 0.6 is 0 Å². The molecule has 0 saturated carbocycles. The van der Waals surface area contributed by atoms with E-state index < -0.39 is 0 Å². The van der Waals surface area contributed by atoms with Gasteiger partial charge in [0.15, 0.2) is 0 Å². The van der Waals surface area contributed by atoms with Crippen molar-refractivity contribution in [3.05, 3.63) is 11.6 Å². The van der Waals surface area contributed by atoms with Gasteiger partial charge in [-0.2, -0.15) is 0 Å². The molecule has 19 heavy (non-hydrogen) atoms. The molecule has 0 aliphatic carbocycles. The fourth-order valence-electron chi connectivity index (χ4n) is 2.87. The second-order valence-electron chi connectivity index (χ2n) is 8.59. The zero-order chi connectivity index (χ0) is 15.3. The zero-order valence-corrected chi connectivity index (χ0v) is 14.3. The lowest BCUT2D eigenvalue weighted by Gasteiger charge is -2.24. The van der Waals surface area contributed by atoms with Crippen molar-refractivity contribution in [1.82, 2.24) is 0 Å². The van der Waals surface area contributed by atoms with Gasteiger partial charge in [0.05, 0.1) is 0 Å². The number of hydrogen-bond donors (Lipinski definition) is 0. The summed E-state index contributed by atoms with van der Waals surface area (Å²) in [5, 5.41) is 0. The molecule has 0 rings (SSSR count). The second-order valence-corrected chi connectivity index (χ2v) is 8.59. The van der Waals surface area contributed by atoms with E-state index in [1.54, 1.807) is 0 Å². The third-order valence-electron chi connectivity index (χ3n) is 3.34. The lowest BCUT2D eigenvalue weighted by atomic mass is 9.81. The first kappa shape index (κ1) is 18.4. The van der Waals surface area contributed by atoms with E-state index in [0.29, 0.717) is 17.3 Å². The average molecular weight is 266 g/mol. The molecule has 0 aliphatic heterocycles. The molecule has 0 aliphatic rings. The van der Waals surface area contributed by atoms with Gasteiger partial charge >= 0.3 is 0 Å². The maximum absolute atomic E-state index is 11.3. The van der Waals surface area contributed by atoms with Crippen molar-refractivity contribution in [3.63, 3.8) is 0 Å². The first-order valence-corrected chi connectivity index (χ1v) is 7.60. The summed E-state index contributed by atoms with van der Waals surface area (Å²) in [7, 11) is 0. The van der Waals surface area contributed by atoms with Crippen LogP contribution in [-0.4, -0.2) is 6.29 Å². The zero-order valence-electron chi connectivity index (χ0n) is 14.3. The van der Waals surface area contributed by atoms with E-state index in [2.05, 4.69) is 61.5 Å². The molecule has 0 unspecified atom stereocenters. The number of carbonyl (C=O) groups excluding carboxylic acids is 1. The van der Waals surface area contributed by atoms with Gasteiger partial charge in [0.1, 0.15) is 6.29 Å². The number of hydrogen-bond acceptors (Lipinski definition) is 1. The molecule has 0 aromatic heterocycles. The van der Waals surface area contributed by atoms with Gasteiger partial charge in [-0.15, -0.1) is 0 Å². The molecule has 0 radical (unpaired) electrons. The summed E-state index contributed by atoms with van der Waals surface area (Å²) in [5.74, 6) is 0.996. The third kappa shape index (κ3) is 9.92. The smallest absolute Gasteiger partial charge is 0.145 e. The summed E-state index contributed by atoms with van der Waals surface area (Å²) in [4.78, 5) is 11.3. The molecule has 112 valence electrons. The van der Waals surface area contributed by atoms with Gasteiger partial charge < -0.3 is 0 Å². The fourth-order valence-corrected chi connectivity index (χ4v) is 2.87. The van der Waals surface area contributed by atoms with Gasteiger partial charge in [-0.1, -0.05) is 61.5 Å². The van der Waals surface area contributed by atoms with Crippen molar-refractivity contribution < 1.29 is 4.79 Å². The van der Waals surface area contributed by atoms with Gasteiger partial charge in [0, 0.05) is 0 Å². The van der Waals surface area contributed by atoms with Crippen LogP contribution in [0.1, 0.15) is 74.7 Å². The lowest BCUT2D eigenvalue weighted by Crippen LogP contribution is -2.14. The van der Waals surface area contributed by atoms with E-state index >= 15 is 0 Å². The Hall–Kier alpha value is -0.590. The van der Waals surface area contributed by atoms with Crippen molar-refractivity contribution in [2.24, 2.45) is 22.7 Å². The molecule has 0 fully saturated rings. The van der Waals surface area contributed by atoms with Gasteiger partial charge in [-0.25, -0.2) is 0 Å². The fraction of sp³-hybridized carbons (Fsp3) is 0.833. The minimum atomic E-state index is 0.276. The Morgan fingerprint density at radius 2 is 1.42 bits per heavy atom. The first-order chi connectivity index (χ1) is 8.44. The van der Waals surface area contributed by atoms with E-state index in [1.165, 1.54) is 6.42 Å². The minimum absolute atomic E-state index is 0.276. The van der Waals surface area contributed by atoms with Crippen LogP contribution in [0.25, 0.3) is 0 Å². The molecule has 0 amide bonds. The quantitative estimate of drug-likeness (QED) is 0.448. The molecular weight excluding hydrogens is 232 g/mol. The molecule has 1 nitrogen and oxygen atoms in total. The summed E-state index contributed by atoms with van der Waals surface area (Å²) < 4.78 is 0. The molecule has 0 aromatic rings. The highest BCUT2D eigenvalue weighted by molar-refractivity contribution is 5.73. The molecular formula is C18H34O. The van der Waals surface area contributed by atoms with Gasteiger partial charge in [0.2, 0.25) is 0 Å². The van der Waals surface area contributed by atoms with Crippen molar-refractivity contribution in [1.29, 1.82) is 0 Å². The lowest BCUT2D eigenvalue weighted by molar-refractivity contribution is -0.105. The van der Waals surface area contributed by atoms with Crippen molar-refractivity contribution in [2.75, 3.05) is 0 Å². The highest BCUT2D eigenvalue weighted by Gasteiger charge is 2.19. The van der Waals surface area contributed by atoms with E-state index in [1.807, 2.05) is 0 Å². The largest absolute Gasteiger partial charge is 0.298 e. The highest BCUT2D eigenvalue weighted by atomic mass is 16.1. The number of carbonyl (C=O) groups is 1. The average Bonchev–Trinajstić information content (AvgIpc) is 2.12. The first-order valence-electron chi connectivity index (χ1n) is 7.60. The number of rotatable bonds is 6. The molecule has 1 heteroatoms. The van der Waals surface area contributed by atoms with Crippen LogP contribution in [0.15, 0.2) is 11.6 Å². The Morgan fingerprint density at radius 1 is 0.947 bits per heavy atom. The van der Waals surface area contributed by atoms with Crippen molar-refractivity contribution in [3.8, 4) is 0 Å². The number of allylic oxidation sites excluding steroid dienone is 2. The van der Waals surface area contributed by atoms with E-state index in [-0.39, 0.29) is 5.41 Å². The van der Waals surface area contributed by atoms with Gasteiger partial charge in [-0.05, 0) is 47.5 Å². The van der Waals surface area contributed by atoms with Crippen molar-refractivity contribution >= 4 is 6.29 Å². The standard InChI is InChI=1S/C18H34O/c1-14(11-17(3,4)5)9-10-16(13-19)15(2)12-18(6,7)8/h10,13-15H,9,11-12H2,1-8H3/b16-10+/t14-,15-/m0/s1. The molecule has 0 heterocycles. The Kier molecular flexibility index (Phi) is 7.04. The maximum atomic E-state index is 11.3. The summed E-state index contributed by atoms with van der Waals surface area (Å²) in [5.41, 5.74) is 1.63. The van der Waals surface area contributed by atoms with Crippen LogP contribution in [0, 0.1) is 22.7 Å². The molecule has 0 aromatic carbocycles. The molecule has 0 bridgehead atoms. The minimum Gasteiger partial charge on any atom is -0.298 e. The van der Waals surface area contributed by atoms with Crippen LogP contribution in [0.3, 0.4) is 0 Å². The van der Waals surface area contributed by atoms with Crippen LogP contribution in [-0.2, 0) is 4.79 Å². The predicted molar refractivity (Wildman–Crippen MR) is 85.2 cm³/mol. The second kappa shape index (κ2) is 7.26. The van der Waals surface area contributed by atoms with Crippen LogP contribution < -0.4 is 0 Å². The molecule has 0 saturated heterocycles. The van der Waals surface area contributed by atoms with Crippen LogP contribution in [0.5, 0.6) is 0 Å².